The summed E-state index contributed by atoms with van der Waals surface area (Å²) in [6.45, 7) is 7.04. The Morgan fingerprint density at radius 1 is 1.25 bits per heavy atom. The number of rotatable bonds is 5. The second-order valence-corrected chi connectivity index (χ2v) is 6.08. The van der Waals surface area contributed by atoms with Gasteiger partial charge >= 0.3 is 0 Å². The minimum absolute atomic E-state index is 0.674. The van der Waals surface area contributed by atoms with Gasteiger partial charge in [0.1, 0.15) is 5.75 Å². The van der Waals surface area contributed by atoms with Crippen LogP contribution in [0.2, 0.25) is 0 Å². The fourth-order valence-corrected chi connectivity index (χ4v) is 3.07. The summed E-state index contributed by atoms with van der Waals surface area (Å²) < 4.78 is 5.85. The Balaban J connectivity index is 2.34. The van der Waals surface area contributed by atoms with Crippen molar-refractivity contribution < 1.29 is 4.74 Å². The van der Waals surface area contributed by atoms with Crippen molar-refractivity contribution in [3.8, 4) is 5.75 Å². The summed E-state index contributed by atoms with van der Waals surface area (Å²) in [6.07, 6.45) is 2.38. The van der Waals surface area contributed by atoms with Gasteiger partial charge in [0, 0.05) is 24.7 Å². The standard InChI is InChI=1S/C17H28N2O/c1-6-16-9-13-8-15(11-18(3)4)17(20-7-2)10-14(13)12-19(16)5/h8,10,16H,6-7,9,11-12H2,1-5H3. The van der Waals surface area contributed by atoms with E-state index in [2.05, 4.69) is 56.9 Å². The van der Waals surface area contributed by atoms with Crippen LogP contribution in [-0.4, -0.2) is 43.6 Å². The lowest BCUT2D eigenvalue weighted by molar-refractivity contribution is 0.209. The molecule has 20 heavy (non-hydrogen) atoms. The monoisotopic (exact) mass is 276 g/mol. The SMILES string of the molecule is CCOc1cc2c(cc1CN(C)C)CC(CC)N(C)C2. The van der Waals surface area contributed by atoms with E-state index in [1.807, 2.05) is 0 Å². The maximum atomic E-state index is 5.85. The summed E-state index contributed by atoms with van der Waals surface area (Å²) in [5.74, 6) is 1.06. The molecule has 1 aliphatic rings. The van der Waals surface area contributed by atoms with Crippen LogP contribution < -0.4 is 4.74 Å². The average Bonchev–Trinajstić information content (AvgIpc) is 2.39. The molecule has 0 radical (unpaired) electrons. The van der Waals surface area contributed by atoms with Crippen LogP contribution in [0.3, 0.4) is 0 Å². The first-order valence-corrected chi connectivity index (χ1v) is 7.67. The van der Waals surface area contributed by atoms with E-state index in [0.29, 0.717) is 6.04 Å². The van der Waals surface area contributed by atoms with Crippen LogP contribution in [0.15, 0.2) is 12.1 Å². The van der Waals surface area contributed by atoms with E-state index in [-0.39, 0.29) is 0 Å². The van der Waals surface area contributed by atoms with E-state index < -0.39 is 0 Å². The van der Waals surface area contributed by atoms with Gasteiger partial charge in [-0.05, 0) is 58.1 Å². The summed E-state index contributed by atoms with van der Waals surface area (Å²) >= 11 is 0. The van der Waals surface area contributed by atoms with Gasteiger partial charge in [-0.15, -0.1) is 0 Å². The Kier molecular flexibility index (Phi) is 5.06. The summed E-state index contributed by atoms with van der Waals surface area (Å²) in [7, 11) is 6.45. The molecule has 1 aliphatic heterocycles. The fourth-order valence-electron chi connectivity index (χ4n) is 3.07. The Hall–Kier alpha value is -1.06. The number of fused-ring (bicyclic) bond motifs is 1. The van der Waals surface area contributed by atoms with Gasteiger partial charge in [-0.3, -0.25) is 4.90 Å². The van der Waals surface area contributed by atoms with Crippen molar-refractivity contribution in [3.63, 3.8) is 0 Å². The van der Waals surface area contributed by atoms with Gasteiger partial charge in [0.2, 0.25) is 0 Å². The van der Waals surface area contributed by atoms with Crippen molar-refractivity contribution in [1.29, 1.82) is 0 Å². The Morgan fingerprint density at radius 3 is 2.60 bits per heavy atom. The lowest BCUT2D eigenvalue weighted by Gasteiger charge is -2.34. The largest absolute Gasteiger partial charge is 0.494 e. The Bertz CT molecular complexity index is 457. The van der Waals surface area contributed by atoms with Gasteiger partial charge in [-0.1, -0.05) is 13.0 Å². The van der Waals surface area contributed by atoms with E-state index in [4.69, 9.17) is 4.74 Å². The number of benzene rings is 1. The van der Waals surface area contributed by atoms with E-state index >= 15 is 0 Å². The predicted octanol–water partition coefficient (Wildman–Crippen LogP) is 2.91. The van der Waals surface area contributed by atoms with Crippen LogP contribution in [0, 0.1) is 0 Å². The van der Waals surface area contributed by atoms with Crippen molar-refractivity contribution >= 4 is 0 Å². The number of nitrogens with zero attached hydrogens (tertiary/aromatic N) is 2. The van der Waals surface area contributed by atoms with Crippen molar-refractivity contribution in [1.82, 2.24) is 9.80 Å². The molecular weight excluding hydrogens is 248 g/mol. The molecule has 3 nitrogen and oxygen atoms in total. The molecule has 1 aromatic carbocycles. The minimum Gasteiger partial charge on any atom is -0.494 e. The van der Waals surface area contributed by atoms with E-state index in [9.17, 15) is 0 Å². The molecule has 0 saturated heterocycles. The van der Waals surface area contributed by atoms with Gasteiger partial charge in [-0.25, -0.2) is 0 Å². The quantitative estimate of drug-likeness (QED) is 0.822. The second kappa shape index (κ2) is 6.59. The van der Waals surface area contributed by atoms with Gasteiger partial charge in [0.15, 0.2) is 0 Å². The summed E-state index contributed by atoms with van der Waals surface area (Å²) in [5, 5.41) is 0. The number of hydrogen-bond donors (Lipinski definition) is 0. The number of hydrogen-bond acceptors (Lipinski definition) is 3. The van der Waals surface area contributed by atoms with Crippen molar-refractivity contribution in [3.05, 3.63) is 28.8 Å². The first-order valence-electron chi connectivity index (χ1n) is 7.67. The molecule has 0 N–H and O–H groups in total. The van der Waals surface area contributed by atoms with Crippen LogP contribution in [0.25, 0.3) is 0 Å². The fraction of sp³-hybridized carbons (Fsp3) is 0.647. The molecule has 0 amide bonds. The first kappa shape index (κ1) is 15.3. The third kappa shape index (κ3) is 3.33. The van der Waals surface area contributed by atoms with Crippen LogP contribution in [0.1, 0.15) is 37.0 Å². The average molecular weight is 276 g/mol. The first-order chi connectivity index (χ1) is 9.55. The molecule has 0 spiro atoms. The van der Waals surface area contributed by atoms with Crippen molar-refractivity contribution in [2.75, 3.05) is 27.7 Å². The second-order valence-electron chi connectivity index (χ2n) is 6.08. The molecule has 0 fully saturated rings. The van der Waals surface area contributed by atoms with Crippen LogP contribution in [0.5, 0.6) is 5.75 Å². The molecule has 1 heterocycles. The highest BCUT2D eigenvalue weighted by molar-refractivity contribution is 5.44. The van der Waals surface area contributed by atoms with E-state index in [1.165, 1.54) is 23.1 Å². The third-order valence-electron chi connectivity index (χ3n) is 4.14. The zero-order valence-corrected chi connectivity index (χ0v) is 13.6. The molecule has 1 atom stereocenters. The Labute approximate surface area is 123 Å². The molecule has 0 aromatic heterocycles. The lowest BCUT2D eigenvalue weighted by atomic mass is 9.91. The molecule has 112 valence electrons. The van der Waals surface area contributed by atoms with Gasteiger partial charge in [0.05, 0.1) is 6.61 Å². The molecule has 1 unspecified atom stereocenters. The van der Waals surface area contributed by atoms with E-state index in [0.717, 1.165) is 31.9 Å². The highest BCUT2D eigenvalue weighted by atomic mass is 16.5. The topological polar surface area (TPSA) is 15.7 Å². The molecule has 0 saturated carbocycles. The molecule has 0 bridgehead atoms. The highest BCUT2D eigenvalue weighted by Crippen LogP contribution is 2.31. The normalized spacial score (nSPS) is 19.2. The maximum Gasteiger partial charge on any atom is 0.124 e. The molecule has 2 rings (SSSR count). The van der Waals surface area contributed by atoms with Gasteiger partial charge in [0.25, 0.3) is 0 Å². The smallest absolute Gasteiger partial charge is 0.124 e. The Morgan fingerprint density at radius 2 is 2.00 bits per heavy atom. The van der Waals surface area contributed by atoms with Gasteiger partial charge < -0.3 is 9.64 Å². The third-order valence-corrected chi connectivity index (χ3v) is 4.14. The van der Waals surface area contributed by atoms with Crippen LogP contribution >= 0.6 is 0 Å². The summed E-state index contributed by atoms with van der Waals surface area (Å²) in [5.41, 5.74) is 4.26. The zero-order chi connectivity index (χ0) is 14.7. The number of likely N-dealkylation sites (N-methyl/N-ethyl adjacent to an activating group) is 1. The van der Waals surface area contributed by atoms with Gasteiger partial charge in [-0.2, -0.15) is 0 Å². The van der Waals surface area contributed by atoms with Crippen LogP contribution in [0.4, 0.5) is 0 Å². The molecule has 3 heteroatoms. The predicted molar refractivity (Wildman–Crippen MR) is 84.3 cm³/mol. The van der Waals surface area contributed by atoms with E-state index in [1.54, 1.807) is 0 Å². The highest BCUT2D eigenvalue weighted by Gasteiger charge is 2.23. The molecular formula is C17H28N2O. The molecule has 0 aliphatic carbocycles. The number of ether oxygens (including phenoxy) is 1. The van der Waals surface area contributed by atoms with Crippen molar-refractivity contribution in [2.24, 2.45) is 0 Å². The van der Waals surface area contributed by atoms with Crippen LogP contribution in [-0.2, 0) is 19.5 Å². The van der Waals surface area contributed by atoms with Crippen molar-refractivity contribution in [2.45, 2.75) is 45.8 Å². The summed E-state index contributed by atoms with van der Waals surface area (Å²) in [4.78, 5) is 4.67. The lowest BCUT2D eigenvalue weighted by Crippen LogP contribution is -2.37. The summed E-state index contributed by atoms with van der Waals surface area (Å²) in [6, 6.07) is 5.31. The zero-order valence-electron chi connectivity index (χ0n) is 13.6. The minimum atomic E-state index is 0.674. The maximum absolute atomic E-state index is 5.85. The molecule has 1 aromatic rings.